The maximum atomic E-state index is 13.3. The lowest BCUT2D eigenvalue weighted by atomic mass is 9.97. The van der Waals surface area contributed by atoms with Crippen LogP contribution in [-0.4, -0.2) is 39.6 Å². The van der Waals surface area contributed by atoms with Gasteiger partial charge in [-0.15, -0.1) is 0 Å². The monoisotopic (exact) mass is 346 g/mol. The van der Waals surface area contributed by atoms with Gasteiger partial charge in [-0.2, -0.15) is 5.10 Å². The highest BCUT2D eigenvalue weighted by Gasteiger charge is 2.42. The Hall–Kier alpha value is -2.41. The van der Waals surface area contributed by atoms with Crippen molar-refractivity contribution in [3.8, 4) is 5.69 Å². The first-order valence-electron chi connectivity index (χ1n) is 8.47. The van der Waals surface area contributed by atoms with Gasteiger partial charge >= 0.3 is 6.03 Å². The summed E-state index contributed by atoms with van der Waals surface area (Å²) in [6.07, 6.45) is 4.40. The summed E-state index contributed by atoms with van der Waals surface area (Å²) >= 11 is 0. The molecule has 134 valence electrons. The second kappa shape index (κ2) is 7.23. The third kappa shape index (κ3) is 4.36. The molecule has 2 amide bonds. The van der Waals surface area contributed by atoms with Crippen molar-refractivity contribution in [2.45, 2.75) is 31.7 Å². The minimum absolute atomic E-state index is 0.0663. The van der Waals surface area contributed by atoms with Gasteiger partial charge in [-0.05, 0) is 49.9 Å². The van der Waals surface area contributed by atoms with E-state index in [-0.39, 0.29) is 18.5 Å². The molecule has 1 aliphatic rings. The van der Waals surface area contributed by atoms with Crippen molar-refractivity contribution in [2.24, 2.45) is 5.92 Å². The molecule has 0 aliphatic heterocycles. The molecule has 1 saturated carbocycles. The second-order valence-electron chi connectivity index (χ2n) is 6.71. The van der Waals surface area contributed by atoms with Crippen LogP contribution in [0.3, 0.4) is 0 Å². The maximum Gasteiger partial charge on any atom is 0.315 e. The van der Waals surface area contributed by atoms with E-state index in [1.165, 1.54) is 12.1 Å². The molecule has 2 aromatic rings. The smallest absolute Gasteiger partial charge is 0.315 e. The molecule has 0 radical (unpaired) electrons. The van der Waals surface area contributed by atoms with Crippen molar-refractivity contribution in [3.63, 3.8) is 0 Å². The molecule has 25 heavy (non-hydrogen) atoms. The number of benzene rings is 1. The van der Waals surface area contributed by atoms with Crippen LogP contribution in [-0.2, 0) is 6.42 Å². The predicted octanol–water partition coefficient (Wildman–Crippen LogP) is 2.01. The molecule has 0 bridgehead atoms. The van der Waals surface area contributed by atoms with Gasteiger partial charge in [0.25, 0.3) is 0 Å². The molecule has 3 rings (SSSR count). The average molecular weight is 346 g/mol. The number of hydrogen-bond acceptors (Lipinski definition) is 3. The average Bonchev–Trinajstić information content (AvgIpc) is 3.35. The van der Waals surface area contributed by atoms with E-state index in [2.05, 4.69) is 15.7 Å². The van der Waals surface area contributed by atoms with Crippen LogP contribution in [0.2, 0.25) is 0 Å². The van der Waals surface area contributed by atoms with Crippen LogP contribution in [0.25, 0.3) is 5.69 Å². The van der Waals surface area contributed by atoms with Crippen LogP contribution in [0.5, 0.6) is 0 Å². The zero-order valence-corrected chi connectivity index (χ0v) is 14.2. The van der Waals surface area contributed by atoms with Gasteiger partial charge in [-0.1, -0.05) is 6.07 Å². The summed E-state index contributed by atoms with van der Waals surface area (Å²) in [5, 5.41) is 19.5. The lowest BCUT2D eigenvalue weighted by Gasteiger charge is -2.28. The third-order valence-corrected chi connectivity index (χ3v) is 4.59. The molecule has 0 saturated heterocycles. The van der Waals surface area contributed by atoms with Gasteiger partial charge in [-0.25, -0.2) is 13.9 Å². The number of rotatable bonds is 7. The zero-order valence-electron chi connectivity index (χ0n) is 14.2. The highest BCUT2D eigenvalue weighted by atomic mass is 19.1. The maximum absolute atomic E-state index is 13.3. The fourth-order valence-corrected chi connectivity index (χ4v) is 2.86. The molecule has 0 spiro atoms. The Morgan fingerprint density at radius 3 is 2.92 bits per heavy atom. The normalized spacial score (nSPS) is 16.3. The fourth-order valence-electron chi connectivity index (χ4n) is 2.86. The number of carbonyl (C=O) groups excluding carboxylic acids is 1. The Bertz CT molecular complexity index is 744. The van der Waals surface area contributed by atoms with Crippen molar-refractivity contribution in [2.75, 3.05) is 13.2 Å². The molecule has 3 N–H and O–H groups in total. The van der Waals surface area contributed by atoms with Gasteiger partial charge in [0, 0.05) is 19.2 Å². The van der Waals surface area contributed by atoms with E-state index >= 15 is 0 Å². The lowest BCUT2D eigenvalue weighted by molar-refractivity contribution is 0.155. The molecule has 6 nitrogen and oxygen atoms in total. The number of aromatic nitrogens is 2. The number of hydrogen-bond donors (Lipinski definition) is 3. The van der Waals surface area contributed by atoms with Gasteiger partial charge in [0.2, 0.25) is 0 Å². The highest BCUT2D eigenvalue weighted by Crippen LogP contribution is 2.39. The van der Waals surface area contributed by atoms with E-state index in [0.29, 0.717) is 24.6 Å². The van der Waals surface area contributed by atoms with Crippen molar-refractivity contribution in [3.05, 3.63) is 48.0 Å². The van der Waals surface area contributed by atoms with E-state index in [0.717, 1.165) is 18.5 Å². The molecular formula is C18H23FN4O2. The summed E-state index contributed by atoms with van der Waals surface area (Å²) in [4.78, 5) is 12.0. The van der Waals surface area contributed by atoms with Gasteiger partial charge in [0.15, 0.2) is 0 Å². The zero-order chi connectivity index (χ0) is 17.9. The SMILES string of the molecule is C[C@](CO)(NC(=O)NCCc1ccn(-c2cccc(F)c2)n1)C1CC1. The van der Waals surface area contributed by atoms with Crippen LogP contribution in [0, 0.1) is 11.7 Å². The van der Waals surface area contributed by atoms with Crippen molar-refractivity contribution < 1.29 is 14.3 Å². The van der Waals surface area contributed by atoms with Crippen LogP contribution >= 0.6 is 0 Å². The predicted molar refractivity (Wildman–Crippen MR) is 92.0 cm³/mol. The summed E-state index contributed by atoms with van der Waals surface area (Å²) in [6.45, 7) is 2.23. The van der Waals surface area contributed by atoms with Gasteiger partial charge in [0.1, 0.15) is 5.82 Å². The molecule has 1 atom stereocenters. The molecule has 1 aromatic carbocycles. The summed E-state index contributed by atoms with van der Waals surface area (Å²) in [5.74, 6) is 0.0423. The molecule has 1 aromatic heterocycles. The fraction of sp³-hybridized carbons (Fsp3) is 0.444. The number of carbonyl (C=O) groups is 1. The standard InChI is InChI=1S/C18H23FN4O2/c1-18(12-24,13-5-6-13)21-17(25)20-9-7-15-8-10-23(22-15)16-4-2-3-14(19)11-16/h2-4,8,10-11,13,24H,5-7,9,12H2,1H3,(H2,20,21,25)/t18-/m1/s1. The van der Waals surface area contributed by atoms with Crippen LogP contribution in [0.15, 0.2) is 36.5 Å². The Morgan fingerprint density at radius 1 is 1.44 bits per heavy atom. The van der Waals surface area contributed by atoms with E-state index in [1.807, 2.05) is 13.0 Å². The highest BCUT2D eigenvalue weighted by molar-refractivity contribution is 5.74. The second-order valence-corrected chi connectivity index (χ2v) is 6.71. The van der Waals surface area contributed by atoms with Crippen LogP contribution < -0.4 is 10.6 Å². The quantitative estimate of drug-likeness (QED) is 0.718. The molecule has 1 fully saturated rings. The Morgan fingerprint density at radius 2 is 2.24 bits per heavy atom. The number of aliphatic hydroxyl groups is 1. The van der Waals surface area contributed by atoms with Gasteiger partial charge in [-0.3, -0.25) is 0 Å². The Kier molecular flexibility index (Phi) is 5.03. The number of nitrogens with zero attached hydrogens (tertiary/aromatic N) is 2. The molecule has 0 unspecified atom stereocenters. The van der Waals surface area contributed by atoms with E-state index in [4.69, 9.17) is 0 Å². The third-order valence-electron chi connectivity index (χ3n) is 4.59. The summed E-state index contributed by atoms with van der Waals surface area (Å²) in [6, 6.07) is 7.77. The molecule has 1 heterocycles. The van der Waals surface area contributed by atoms with E-state index < -0.39 is 5.54 Å². The summed E-state index contributed by atoms with van der Waals surface area (Å²) < 4.78 is 14.9. The molecule has 1 aliphatic carbocycles. The lowest BCUT2D eigenvalue weighted by Crippen LogP contribution is -2.54. The van der Waals surface area contributed by atoms with Crippen molar-refractivity contribution >= 4 is 6.03 Å². The molecule has 7 heteroatoms. The number of nitrogens with one attached hydrogen (secondary N) is 2. The van der Waals surface area contributed by atoms with Crippen molar-refractivity contribution in [1.82, 2.24) is 20.4 Å². The number of urea groups is 1. The summed E-state index contributed by atoms with van der Waals surface area (Å²) in [7, 11) is 0. The first-order chi connectivity index (χ1) is 12.0. The number of halogens is 1. The minimum atomic E-state index is -0.553. The van der Waals surface area contributed by atoms with Crippen LogP contribution in [0.4, 0.5) is 9.18 Å². The van der Waals surface area contributed by atoms with Gasteiger partial charge < -0.3 is 15.7 Å². The van der Waals surface area contributed by atoms with E-state index in [1.54, 1.807) is 23.0 Å². The Labute approximate surface area is 146 Å². The Balaban J connectivity index is 1.48. The number of amides is 2. The van der Waals surface area contributed by atoms with Crippen molar-refractivity contribution in [1.29, 1.82) is 0 Å². The first kappa shape index (κ1) is 17.4. The largest absolute Gasteiger partial charge is 0.394 e. The van der Waals surface area contributed by atoms with Crippen LogP contribution in [0.1, 0.15) is 25.5 Å². The molecular weight excluding hydrogens is 323 g/mol. The van der Waals surface area contributed by atoms with E-state index in [9.17, 15) is 14.3 Å². The van der Waals surface area contributed by atoms with Gasteiger partial charge in [0.05, 0.1) is 23.5 Å². The number of aliphatic hydroxyl groups excluding tert-OH is 1. The minimum Gasteiger partial charge on any atom is -0.394 e. The topological polar surface area (TPSA) is 79.2 Å². The summed E-state index contributed by atoms with van der Waals surface area (Å²) in [5.41, 5.74) is 0.903. The first-order valence-corrected chi connectivity index (χ1v) is 8.47.